The van der Waals surface area contributed by atoms with Gasteiger partial charge in [0.25, 0.3) is 5.91 Å². The molecule has 9 heteroatoms. The van der Waals surface area contributed by atoms with E-state index < -0.39 is 11.8 Å². The number of rotatable bonds is 5. The lowest BCUT2D eigenvalue weighted by Gasteiger charge is -2.27. The Morgan fingerprint density at radius 1 is 1.14 bits per heavy atom. The molecule has 37 heavy (non-hydrogen) atoms. The van der Waals surface area contributed by atoms with E-state index in [0.29, 0.717) is 59.8 Å². The Morgan fingerprint density at radius 2 is 1.97 bits per heavy atom. The minimum absolute atomic E-state index is 0.0634. The predicted octanol–water partition coefficient (Wildman–Crippen LogP) is 4.72. The van der Waals surface area contributed by atoms with Crippen LogP contribution in [0.25, 0.3) is 16.9 Å². The summed E-state index contributed by atoms with van der Waals surface area (Å²) in [4.78, 5) is 33.1. The highest BCUT2D eigenvalue weighted by molar-refractivity contribution is 5.93. The number of hydrogen-bond acceptors (Lipinski definition) is 5. The zero-order chi connectivity index (χ0) is 26.1. The van der Waals surface area contributed by atoms with Gasteiger partial charge in [-0.1, -0.05) is 25.8 Å². The Bertz CT molecular complexity index is 1380. The molecule has 0 unspecified atom stereocenters. The Labute approximate surface area is 215 Å². The number of halogens is 1. The molecule has 2 aromatic heterocycles. The molecular weight excluding hydrogens is 473 g/mol. The van der Waals surface area contributed by atoms with Gasteiger partial charge in [0.2, 0.25) is 0 Å². The smallest absolute Gasteiger partial charge is 0.331 e. The van der Waals surface area contributed by atoms with Gasteiger partial charge in [-0.05, 0) is 56.9 Å². The molecule has 0 bridgehead atoms. The van der Waals surface area contributed by atoms with Crippen LogP contribution >= 0.6 is 0 Å². The van der Waals surface area contributed by atoms with E-state index in [0.717, 1.165) is 37.9 Å². The van der Waals surface area contributed by atoms with Crippen LogP contribution in [0.4, 0.5) is 10.1 Å². The van der Waals surface area contributed by atoms with Crippen molar-refractivity contribution in [3.05, 3.63) is 59.2 Å². The molecule has 8 nitrogen and oxygen atoms in total. The second-order valence-corrected chi connectivity index (χ2v) is 9.88. The van der Waals surface area contributed by atoms with Crippen molar-refractivity contribution < 1.29 is 19.1 Å². The number of likely N-dealkylation sites (tertiary alicyclic amines) is 1. The standard InChI is InChI=1S/C28H32FN5O3/c1-3-20-16-25(27(35)33-12-6-4-5-7-18(33)2)30-26-17-24(31-34(20)26)22-9-8-21(15-23(22)29)32-13-10-19(11-14-32)28(36)37/h8-10,15-18H,3-7,11-14H2,1-2H3,(H,36,37)/t18-/m1/s1. The number of nitrogens with zero attached hydrogens (tertiary/aromatic N) is 5. The van der Waals surface area contributed by atoms with Gasteiger partial charge < -0.3 is 14.9 Å². The van der Waals surface area contributed by atoms with Gasteiger partial charge in [-0.3, -0.25) is 4.79 Å². The molecule has 0 radical (unpaired) electrons. The fourth-order valence-electron chi connectivity index (χ4n) is 5.26. The van der Waals surface area contributed by atoms with Crippen LogP contribution in [0.5, 0.6) is 0 Å². The molecule has 1 N–H and O–H groups in total. The molecule has 4 heterocycles. The van der Waals surface area contributed by atoms with Crippen molar-refractivity contribution in [2.45, 2.75) is 58.4 Å². The van der Waals surface area contributed by atoms with Crippen molar-refractivity contribution in [3.8, 4) is 11.3 Å². The van der Waals surface area contributed by atoms with E-state index in [1.54, 1.807) is 28.8 Å². The number of carboxylic acids is 1. The number of aryl methyl sites for hydroxylation is 1. The van der Waals surface area contributed by atoms with E-state index in [9.17, 15) is 9.59 Å². The number of hydrogen-bond donors (Lipinski definition) is 1. The van der Waals surface area contributed by atoms with Gasteiger partial charge in [-0.15, -0.1) is 0 Å². The van der Waals surface area contributed by atoms with Gasteiger partial charge in [-0.25, -0.2) is 18.7 Å². The number of benzene rings is 1. The number of aromatic nitrogens is 3. The SMILES string of the molecule is CCc1cc(C(=O)N2CCCCC[C@H]2C)nc2cc(-c3ccc(N4CC=C(C(=O)O)CC4)cc3F)nn12. The number of carbonyl (C=O) groups is 2. The zero-order valence-electron chi connectivity index (χ0n) is 21.3. The number of carbonyl (C=O) groups excluding carboxylic acids is 1. The van der Waals surface area contributed by atoms with Gasteiger partial charge in [0.05, 0.1) is 5.69 Å². The molecule has 1 amide bonds. The quantitative estimate of drug-likeness (QED) is 0.540. The summed E-state index contributed by atoms with van der Waals surface area (Å²) in [7, 11) is 0. The van der Waals surface area contributed by atoms with Crippen LogP contribution in [0.15, 0.2) is 42.0 Å². The third-order valence-electron chi connectivity index (χ3n) is 7.47. The van der Waals surface area contributed by atoms with Gasteiger partial charge in [0.1, 0.15) is 11.5 Å². The van der Waals surface area contributed by atoms with E-state index in [2.05, 4.69) is 17.0 Å². The summed E-state index contributed by atoms with van der Waals surface area (Å²) >= 11 is 0. The molecule has 1 aromatic carbocycles. The molecule has 0 spiro atoms. The number of carboxylic acid groups (broad SMARTS) is 1. The van der Waals surface area contributed by atoms with E-state index >= 15 is 4.39 Å². The first-order chi connectivity index (χ1) is 17.9. The summed E-state index contributed by atoms with van der Waals surface area (Å²) in [6.07, 6.45) is 6.99. The molecule has 3 aromatic rings. The first-order valence-corrected chi connectivity index (χ1v) is 13.0. The fraction of sp³-hybridized carbons (Fsp3) is 0.429. The van der Waals surface area contributed by atoms with Crippen molar-refractivity contribution in [1.82, 2.24) is 19.5 Å². The van der Waals surface area contributed by atoms with Gasteiger partial charge in [0.15, 0.2) is 5.65 Å². The van der Waals surface area contributed by atoms with Crippen molar-refractivity contribution >= 4 is 23.2 Å². The van der Waals surface area contributed by atoms with Crippen molar-refractivity contribution in [2.75, 3.05) is 24.5 Å². The summed E-state index contributed by atoms with van der Waals surface area (Å²) in [5, 5.41) is 13.8. The number of fused-ring (bicyclic) bond motifs is 1. The molecule has 5 rings (SSSR count). The topological polar surface area (TPSA) is 91.0 Å². The Kier molecular flexibility index (Phi) is 6.95. The van der Waals surface area contributed by atoms with E-state index in [1.807, 2.05) is 22.8 Å². The van der Waals surface area contributed by atoms with E-state index in [1.165, 1.54) is 6.07 Å². The van der Waals surface area contributed by atoms with Crippen molar-refractivity contribution in [1.29, 1.82) is 0 Å². The first-order valence-electron chi connectivity index (χ1n) is 13.0. The summed E-state index contributed by atoms with van der Waals surface area (Å²) < 4.78 is 17.0. The highest BCUT2D eigenvalue weighted by Gasteiger charge is 2.25. The summed E-state index contributed by atoms with van der Waals surface area (Å²) in [6.45, 7) is 5.77. The van der Waals surface area contributed by atoms with Crippen LogP contribution in [0.2, 0.25) is 0 Å². The van der Waals surface area contributed by atoms with Gasteiger partial charge in [0, 0.05) is 54.3 Å². The lowest BCUT2D eigenvalue weighted by molar-refractivity contribution is -0.132. The van der Waals surface area contributed by atoms with Crippen LogP contribution in [-0.2, 0) is 11.2 Å². The average molecular weight is 506 g/mol. The van der Waals surface area contributed by atoms with Crippen LogP contribution < -0.4 is 4.90 Å². The zero-order valence-corrected chi connectivity index (χ0v) is 21.3. The summed E-state index contributed by atoms with van der Waals surface area (Å²) in [5.74, 6) is -1.38. The Balaban J connectivity index is 1.44. The van der Waals surface area contributed by atoms with Crippen LogP contribution in [-0.4, -0.2) is 62.2 Å². The minimum atomic E-state index is -0.904. The van der Waals surface area contributed by atoms with Gasteiger partial charge >= 0.3 is 5.97 Å². The molecule has 1 fully saturated rings. The predicted molar refractivity (Wildman–Crippen MR) is 139 cm³/mol. The molecular formula is C28H32FN5O3. The Hall–Kier alpha value is -3.75. The third-order valence-corrected chi connectivity index (χ3v) is 7.47. The number of amides is 1. The molecule has 2 aliphatic rings. The average Bonchev–Trinajstić information content (AvgIpc) is 3.21. The second kappa shape index (κ2) is 10.3. The molecule has 194 valence electrons. The first kappa shape index (κ1) is 24.9. The number of anilines is 1. The minimum Gasteiger partial charge on any atom is -0.478 e. The van der Waals surface area contributed by atoms with Crippen LogP contribution in [0.1, 0.15) is 62.1 Å². The highest BCUT2D eigenvalue weighted by atomic mass is 19.1. The molecule has 0 saturated carbocycles. The third kappa shape index (κ3) is 4.95. The molecule has 1 saturated heterocycles. The van der Waals surface area contributed by atoms with E-state index in [4.69, 9.17) is 5.11 Å². The maximum Gasteiger partial charge on any atom is 0.331 e. The monoisotopic (exact) mass is 505 g/mol. The van der Waals surface area contributed by atoms with Crippen molar-refractivity contribution in [2.24, 2.45) is 0 Å². The van der Waals surface area contributed by atoms with Crippen LogP contribution in [0.3, 0.4) is 0 Å². The number of aliphatic carboxylic acids is 1. The molecule has 0 aliphatic carbocycles. The van der Waals surface area contributed by atoms with E-state index in [-0.39, 0.29) is 11.9 Å². The second-order valence-electron chi connectivity index (χ2n) is 9.88. The largest absolute Gasteiger partial charge is 0.478 e. The Morgan fingerprint density at radius 3 is 2.68 bits per heavy atom. The maximum absolute atomic E-state index is 15.3. The molecule has 2 aliphatic heterocycles. The molecule has 1 atom stereocenters. The normalized spacial score (nSPS) is 18.6. The lowest BCUT2D eigenvalue weighted by atomic mass is 10.1. The lowest BCUT2D eigenvalue weighted by Crippen LogP contribution is -2.38. The summed E-state index contributed by atoms with van der Waals surface area (Å²) in [6, 6.07) is 8.69. The highest BCUT2D eigenvalue weighted by Crippen LogP contribution is 2.29. The van der Waals surface area contributed by atoms with Gasteiger partial charge in [-0.2, -0.15) is 5.10 Å². The maximum atomic E-state index is 15.3. The summed E-state index contributed by atoms with van der Waals surface area (Å²) in [5.41, 5.74) is 3.64. The fourth-order valence-corrected chi connectivity index (χ4v) is 5.26. The van der Waals surface area contributed by atoms with Crippen molar-refractivity contribution in [3.63, 3.8) is 0 Å². The van der Waals surface area contributed by atoms with Crippen LogP contribution in [0, 0.1) is 5.82 Å².